The lowest BCUT2D eigenvalue weighted by Gasteiger charge is -2.14. The van der Waals surface area contributed by atoms with Crippen LogP contribution in [0.5, 0.6) is 0 Å². The van der Waals surface area contributed by atoms with Gasteiger partial charge in [-0.15, -0.1) is 0 Å². The summed E-state index contributed by atoms with van der Waals surface area (Å²) in [4.78, 5) is 21.8. The zero-order valence-corrected chi connectivity index (χ0v) is 19.0. The van der Waals surface area contributed by atoms with Crippen molar-refractivity contribution in [3.05, 3.63) is 59.6 Å². The van der Waals surface area contributed by atoms with E-state index in [4.69, 9.17) is 4.98 Å². The molecule has 1 N–H and O–H groups in total. The number of nitrogens with zero attached hydrogens (tertiary/aromatic N) is 2. The fourth-order valence-corrected chi connectivity index (χ4v) is 4.06. The van der Waals surface area contributed by atoms with Gasteiger partial charge in [0, 0.05) is 28.8 Å². The maximum absolute atomic E-state index is 12.2. The summed E-state index contributed by atoms with van der Waals surface area (Å²) >= 11 is 0. The standard InChI is InChI=1S/C27H33N3O/c1-5-7-8-17(3)13-18(4)22(6-2)24-14-21-16-28-25(30-27(31)20-11-12-20)15-23(21)26(29-24)19-9-10-19/h6,13-16,19-20H,3,5,7-12H2,1-2,4H3,(H,28,30,31)/b18-13-,22-6+. The van der Waals surface area contributed by atoms with Crippen molar-refractivity contribution >= 4 is 28.1 Å². The molecule has 31 heavy (non-hydrogen) atoms. The molecule has 2 fully saturated rings. The predicted octanol–water partition coefficient (Wildman–Crippen LogP) is 6.95. The minimum Gasteiger partial charge on any atom is -0.310 e. The third-order valence-electron chi connectivity index (χ3n) is 6.17. The van der Waals surface area contributed by atoms with Crippen molar-refractivity contribution in [2.45, 2.75) is 71.6 Å². The van der Waals surface area contributed by atoms with Crippen LogP contribution < -0.4 is 5.32 Å². The summed E-state index contributed by atoms with van der Waals surface area (Å²) in [5, 5.41) is 5.16. The van der Waals surface area contributed by atoms with Gasteiger partial charge < -0.3 is 5.32 Å². The minimum atomic E-state index is 0.0877. The van der Waals surface area contributed by atoms with Gasteiger partial charge in [-0.1, -0.05) is 37.6 Å². The van der Waals surface area contributed by atoms with Crippen molar-refractivity contribution in [2.24, 2.45) is 5.92 Å². The van der Waals surface area contributed by atoms with Crippen LogP contribution in [0.4, 0.5) is 5.82 Å². The zero-order valence-electron chi connectivity index (χ0n) is 19.0. The number of hydrogen-bond donors (Lipinski definition) is 1. The predicted molar refractivity (Wildman–Crippen MR) is 129 cm³/mol. The van der Waals surface area contributed by atoms with Crippen molar-refractivity contribution < 1.29 is 4.79 Å². The topological polar surface area (TPSA) is 54.9 Å². The molecule has 0 aromatic carbocycles. The number of pyridine rings is 2. The van der Waals surface area contributed by atoms with Crippen LogP contribution in [0.15, 0.2) is 48.2 Å². The Morgan fingerprint density at radius 3 is 2.68 bits per heavy atom. The number of unbranched alkanes of at least 4 members (excludes halogenated alkanes) is 1. The summed E-state index contributed by atoms with van der Waals surface area (Å²) in [6.07, 6.45) is 13.9. The fourth-order valence-electron chi connectivity index (χ4n) is 4.06. The molecular formula is C27H33N3O. The molecule has 0 spiro atoms. The molecule has 4 heteroatoms. The van der Waals surface area contributed by atoms with E-state index in [1.54, 1.807) is 0 Å². The van der Waals surface area contributed by atoms with E-state index >= 15 is 0 Å². The molecule has 0 unspecified atom stereocenters. The van der Waals surface area contributed by atoms with E-state index in [1.165, 1.54) is 36.8 Å². The van der Waals surface area contributed by atoms with Gasteiger partial charge in [0.05, 0.1) is 11.4 Å². The van der Waals surface area contributed by atoms with Crippen LogP contribution >= 0.6 is 0 Å². The number of anilines is 1. The summed E-state index contributed by atoms with van der Waals surface area (Å²) in [5.41, 5.74) is 5.63. The zero-order chi connectivity index (χ0) is 22.0. The van der Waals surface area contributed by atoms with Crippen LogP contribution in [0, 0.1) is 5.92 Å². The molecule has 162 valence electrons. The second-order valence-corrected chi connectivity index (χ2v) is 9.01. The number of carbonyl (C=O) groups excluding carboxylic acids is 1. The first kappa shape index (κ1) is 21.5. The lowest BCUT2D eigenvalue weighted by Crippen LogP contribution is -2.14. The molecule has 2 saturated carbocycles. The Morgan fingerprint density at radius 1 is 1.26 bits per heavy atom. The summed E-state index contributed by atoms with van der Waals surface area (Å²) in [7, 11) is 0. The van der Waals surface area contributed by atoms with Crippen LogP contribution in [0.1, 0.15) is 83.0 Å². The lowest BCUT2D eigenvalue weighted by atomic mass is 9.97. The van der Waals surface area contributed by atoms with E-state index in [0.717, 1.165) is 47.0 Å². The first-order valence-corrected chi connectivity index (χ1v) is 11.6. The first-order valence-electron chi connectivity index (χ1n) is 11.6. The van der Waals surface area contributed by atoms with Gasteiger partial charge in [-0.25, -0.2) is 4.98 Å². The van der Waals surface area contributed by atoms with Gasteiger partial charge in [-0.05, 0) is 75.7 Å². The lowest BCUT2D eigenvalue weighted by molar-refractivity contribution is -0.117. The second-order valence-electron chi connectivity index (χ2n) is 9.01. The van der Waals surface area contributed by atoms with Gasteiger partial charge in [-0.2, -0.15) is 0 Å². The highest BCUT2D eigenvalue weighted by molar-refractivity contribution is 5.96. The molecule has 0 atom stereocenters. The Kier molecular flexibility index (Phi) is 6.35. The number of amides is 1. The maximum Gasteiger partial charge on any atom is 0.228 e. The number of carbonyl (C=O) groups is 1. The van der Waals surface area contributed by atoms with Crippen molar-refractivity contribution in [1.29, 1.82) is 0 Å². The number of nitrogens with one attached hydrogen (secondary N) is 1. The quantitative estimate of drug-likeness (QED) is 0.451. The van der Waals surface area contributed by atoms with Gasteiger partial charge in [0.15, 0.2) is 0 Å². The largest absolute Gasteiger partial charge is 0.310 e. The number of rotatable bonds is 9. The highest BCUT2D eigenvalue weighted by atomic mass is 16.2. The molecule has 4 rings (SSSR count). The molecular weight excluding hydrogens is 382 g/mol. The SMILES string of the molecule is C=C(/C=C(C)\C(=C/C)c1cc2cnc(NC(=O)C3CC3)cc2c(C2CC2)n1)CCCC. The Hall–Kier alpha value is -2.75. The molecule has 0 saturated heterocycles. The molecule has 2 aliphatic rings. The number of hydrogen-bond acceptors (Lipinski definition) is 3. The van der Waals surface area contributed by atoms with Crippen molar-refractivity contribution in [1.82, 2.24) is 9.97 Å². The van der Waals surface area contributed by atoms with Crippen LogP contribution in [0.2, 0.25) is 0 Å². The molecule has 0 aliphatic heterocycles. The number of fused-ring (bicyclic) bond motifs is 1. The Balaban J connectivity index is 1.67. The highest BCUT2D eigenvalue weighted by Crippen LogP contribution is 2.43. The monoisotopic (exact) mass is 415 g/mol. The normalized spacial score (nSPS) is 17.1. The van der Waals surface area contributed by atoms with E-state index in [9.17, 15) is 4.79 Å². The highest BCUT2D eigenvalue weighted by Gasteiger charge is 2.31. The third-order valence-corrected chi connectivity index (χ3v) is 6.17. The fraction of sp³-hybridized carbons (Fsp3) is 0.444. The van der Waals surface area contributed by atoms with Crippen molar-refractivity contribution in [3.63, 3.8) is 0 Å². The van der Waals surface area contributed by atoms with Gasteiger partial charge in [-0.3, -0.25) is 9.78 Å². The minimum absolute atomic E-state index is 0.0877. The number of allylic oxidation sites excluding steroid dienone is 5. The molecule has 2 aromatic rings. The molecule has 1 amide bonds. The number of aromatic nitrogens is 2. The molecule has 2 heterocycles. The van der Waals surface area contributed by atoms with E-state index in [1.807, 2.05) is 12.3 Å². The first-order chi connectivity index (χ1) is 15.0. The van der Waals surface area contributed by atoms with Gasteiger partial charge in [0.2, 0.25) is 5.91 Å². The average Bonchev–Trinajstić information content (AvgIpc) is 3.64. The van der Waals surface area contributed by atoms with Gasteiger partial charge in [0.1, 0.15) is 5.82 Å². The molecule has 4 nitrogen and oxygen atoms in total. The third kappa shape index (κ3) is 5.12. The molecule has 2 aromatic heterocycles. The van der Waals surface area contributed by atoms with Gasteiger partial charge in [0.25, 0.3) is 0 Å². The summed E-state index contributed by atoms with van der Waals surface area (Å²) in [6.45, 7) is 10.6. The Bertz CT molecular complexity index is 1070. The molecule has 0 bridgehead atoms. The Morgan fingerprint density at radius 2 is 2.03 bits per heavy atom. The van der Waals surface area contributed by atoms with E-state index < -0.39 is 0 Å². The summed E-state index contributed by atoms with van der Waals surface area (Å²) < 4.78 is 0. The average molecular weight is 416 g/mol. The molecule has 2 aliphatic carbocycles. The van der Waals surface area contributed by atoms with E-state index in [2.05, 4.69) is 55.9 Å². The van der Waals surface area contributed by atoms with Crippen LogP contribution in [-0.2, 0) is 4.79 Å². The molecule has 0 radical (unpaired) electrons. The van der Waals surface area contributed by atoms with E-state index in [-0.39, 0.29) is 11.8 Å². The van der Waals surface area contributed by atoms with Crippen LogP contribution in [0.25, 0.3) is 16.3 Å². The van der Waals surface area contributed by atoms with Crippen molar-refractivity contribution in [2.75, 3.05) is 5.32 Å². The van der Waals surface area contributed by atoms with Crippen LogP contribution in [0.3, 0.4) is 0 Å². The van der Waals surface area contributed by atoms with Gasteiger partial charge >= 0.3 is 0 Å². The second kappa shape index (κ2) is 9.17. The van der Waals surface area contributed by atoms with E-state index in [0.29, 0.717) is 11.7 Å². The van der Waals surface area contributed by atoms with Crippen molar-refractivity contribution in [3.8, 4) is 0 Å². The Labute approximate surface area is 185 Å². The van der Waals surface area contributed by atoms with Crippen LogP contribution in [-0.4, -0.2) is 15.9 Å². The summed E-state index contributed by atoms with van der Waals surface area (Å²) in [6, 6.07) is 4.13. The summed E-state index contributed by atoms with van der Waals surface area (Å²) in [5.74, 6) is 1.39. The smallest absolute Gasteiger partial charge is 0.228 e. The maximum atomic E-state index is 12.2.